The highest BCUT2D eigenvalue weighted by atomic mass is 32.2. The summed E-state index contributed by atoms with van der Waals surface area (Å²) in [7, 11) is -3.51. The number of sulfonamides is 1. The van der Waals surface area contributed by atoms with Crippen LogP contribution in [-0.2, 0) is 10.0 Å². The van der Waals surface area contributed by atoms with Crippen LogP contribution in [0.15, 0.2) is 27.7 Å². The molecule has 1 heterocycles. The van der Waals surface area contributed by atoms with E-state index in [2.05, 4.69) is 19.7 Å². The molecule has 1 aliphatic rings. The Labute approximate surface area is 91.6 Å². The van der Waals surface area contributed by atoms with Gasteiger partial charge in [0.25, 0.3) is 0 Å². The molecule has 0 aliphatic heterocycles. The summed E-state index contributed by atoms with van der Waals surface area (Å²) in [6.07, 6.45) is 1.79. The maximum atomic E-state index is 12.0. The molecule has 6 nitrogen and oxygen atoms in total. The quantitative estimate of drug-likeness (QED) is 0.850. The van der Waals surface area contributed by atoms with Crippen LogP contribution in [0.25, 0.3) is 11.0 Å². The Morgan fingerprint density at radius 1 is 1.31 bits per heavy atom. The first kappa shape index (κ1) is 9.73. The Kier molecular flexibility index (Phi) is 1.98. The number of rotatable bonds is 3. The molecule has 84 valence electrons. The van der Waals surface area contributed by atoms with Crippen molar-refractivity contribution in [3.8, 4) is 0 Å². The van der Waals surface area contributed by atoms with Crippen LogP contribution < -0.4 is 4.72 Å². The van der Waals surface area contributed by atoms with Gasteiger partial charge in [-0.05, 0) is 35.3 Å². The number of hydrogen-bond acceptors (Lipinski definition) is 5. The number of fused-ring (bicyclic) bond motifs is 1. The normalized spacial score (nSPS) is 16.8. The van der Waals surface area contributed by atoms with Crippen molar-refractivity contribution in [2.45, 2.75) is 23.8 Å². The molecule has 1 aromatic carbocycles. The minimum atomic E-state index is -3.51. The number of benzene rings is 1. The molecule has 3 rings (SSSR count). The summed E-state index contributed by atoms with van der Waals surface area (Å²) < 4.78 is 31.1. The predicted octanol–water partition coefficient (Wildman–Crippen LogP) is 0.663. The van der Waals surface area contributed by atoms with Crippen LogP contribution in [0.3, 0.4) is 0 Å². The molecule has 1 aromatic heterocycles. The molecule has 16 heavy (non-hydrogen) atoms. The van der Waals surface area contributed by atoms with Gasteiger partial charge in [-0.2, -0.15) is 0 Å². The third-order valence-corrected chi connectivity index (χ3v) is 3.99. The largest absolute Gasteiger partial charge is 0.243 e. The van der Waals surface area contributed by atoms with E-state index >= 15 is 0 Å². The van der Waals surface area contributed by atoms with Gasteiger partial charge in [-0.25, -0.2) is 17.8 Å². The summed E-state index contributed by atoms with van der Waals surface area (Å²) in [5, 5.41) is 7.22. The molecule has 1 N–H and O–H groups in total. The number of nitrogens with zero attached hydrogens (tertiary/aromatic N) is 2. The van der Waals surface area contributed by atoms with Gasteiger partial charge in [-0.15, -0.1) is 0 Å². The predicted molar refractivity (Wildman–Crippen MR) is 55.1 cm³/mol. The summed E-state index contributed by atoms with van der Waals surface area (Å²) in [5.41, 5.74) is 0.717. The van der Waals surface area contributed by atoms with Crippen LogP contribution in [0.1, 0.15) is 12.8 Å². The molecule has 0 bridgehead atoms. The first-order valence-electron chi connectivity index (χ1n) is 4.90. The van der Waals surface area contributed by atoms with Crippen molar-refractivity contribution in [1.29, 1.82) is 0 Å². The van der Waals surface area contributed by atoms with Gasteiger partial charge < -0.3 is 0 Å². The molecule has 1 aliphatic carbocycles. The second-order valence-electron chi connectivity index (χ2n) is 3.78. The number of hydrogen-bond donors (Lipinski definition) is 1. The summed E-state index contributed by atoms with van der Waals surface area (Å²) in [6.45, 7) is 0. The fourth-order valence-electron chi connectivity index (χ4n) is 1.48. The zero-order chi connectivity index (χ0) is 11.2. The van der Waals surface area contributed by atoms with Crippen molar-refractivity contribution in [2.75, 3.05) is 0 Å². The van der Waals surface area contributed by atoms with E-state index in [4.69, 9.17) is 0 Å². The van der Waals surface area contributed by atoms with E-state index in [9.17, 15) is 8.42 Å². The van der Waals surface area contributed by atoms with E-state index < -0.39 is 10.0 Å². The third-order valence-electron chi connectivity index (χ3n) is 2.44. The van der Waals surface area contributed by atoms with Crippen LogP contribution in [0, 0.1) is 0 Å². The lowest BCUT2D eigenvalue weighted by molar-refractivity contribution is 0.315. The summed E-state index contributed by atoms with van der Waals surface area (Å²) in [6, 6.07) is 4.84. The summed E-state index contributed by atoms with van der Waals surface area (Å²) >= 11 is 0. The molecule has 1 fully saturated rings. The molecule has 0 atom stereocenters. The second-order valence-corrected chi connectivity index (χ2v) is 5.47. The Balaban J connectivity index is 2.13. The van der Waals surface area contributed by atoms with Gasteiger partial charge >= 0.3 is 0 Å². The molecule has 0 radical (unpaired) electrons. The average Bonchev–Trinajstić information content (AvgIpc) is 2.92. The van der Waals surface area contributed by atoms with Gasteiger partial charge in [0.1, 0.15) is 10.4 Å². The minimum absolute atomic E-state index is 0.0696. The van der Waals surface area contributed by atoms with E-state index in [0.29, 0.717) is 5.52 Å². The van der Waals surface area contributed by atoms with Crippen LogP contribution >= 0.6 is 0 Å². The lowest BCUT2D eigenvalue weighted by Gasteiger charge is -2.04. The van der Waals surface area contributed by atoms with Crippen molar-refractivity contribution in [3.63, 3.8) is 0 Å². The van der Waals surface area contributed by atoms with Gasteiger partial charge in [0, 0.05) is 6.04 Å². The summed E-state index contributed by atoms with van der Waals surface area (Å²) in [5.74, 6) is 0. The van der Waals surface area contributed by atoms with Crippen LogP contribution in [0.4, 0.5) is 0 Å². The van der Waals surface area contributed by atoms with Gasteiger partial charge in [-0.1, -0.05) is 6.07 Å². The monoisotopic (exact) mass is 239 g/mol. The van der Waals surface area contributed by atoms with E-state index in [1.54, 1.807) is 12.1 Å². The Hall–Kier alpha value is -1.47. The van der Waals surface area contributed by atoms with Crippen molar-refractivity contribution in [1.82, 2.24) is 15.0 Å². The summed E-state index contributed by atoms with van der Waals surface area (Å²) in [4.78, 5) is 0.123. The lowest BCUT2D eigenvalue weighted by Crippen LogP contribution is -2.25. The standard InChI is InChI=1S/C9H9N3O3S/c13-16(14,12-6-4-5-6)8-3-1-2-7-9(8)11-15-10-7/h1-3,6,12H,4-5H2. The van der Waals surface area contributed by atoms with E-state index in [-0.39, 0.29) is 16.5 Å². The SMILES string of the molecule is O=S(=O)(NC1CC1)c1cccc2nonc12. The van der Waals surface area contributed by atoms with Crippen molar-refractivity contribution >= 4 is 21.1 Å². The maximum Gasteiger partial charge on any atom is 0.243 e. The molecule has 0 unspecified atom stereocenters. The van der Waals surface area contributed by atoms with Crippen molar-refractivity contribution < 1.29 is 13.0 Å². The van der Waals surface area contributed by atoms with E-state index in [1.807, 2.05) is 0 Å². The highest BCUT2D eigenvalue weighted by Gasteiger charge is 2.29. The third kappa shape index (κ3) is 1.57. The fourth-order valence-corrected chi connectivity index (χ4v) is 2.94. The molecule has 7 heteroatoms. The molecule has 0 saturated heterocycles. The highest BCUT2D eigenvalue weighted by Crippen LogP contribution is 2.24. The second kappa shape index (κ2) is 3.26. The number of aromatic nitrogens is 2. The smallest absolute Gasteiger partial charge is 0.243 e. The van der Waals surface area contributed by atoms with Crippen LogP contribution in [-0.4, -0.2) is 24.8 Å². The number of nitrogens with one attached hydrogen (secondary N) is 1. The molecule has 2 aromatic rings. The fraction of sp³-hybridized carbons (Fsp3) is 0.333. The van der Waals surface area contributed by atoms with Crippen molar-refractivity contribution in [2.24, 2.45) is 0 Å². The molecule has 1 saturated carbocycles. The highest BCUT2D eigenvalue weighted by molar-refractivity contribution is 7.89. The van der Waals surface area contributed by atoms with Gasteiger partial charge in [0.05, 0.1) is 0 Å². The van der Waals surface area contributed by atoms with Crippen LogP contribution in [0.2, 0.25) is 0 Å². The minimum Gasteiger partial charge on any atom is -0.243 e. The first-order valence-corrected chi connectivity index (χ1v) is 6.39. The lowest BCUT2D eigenvalue weighted by atomic mass is 10.3. The van der Waals surface area contributed by atoms with Gasteiger partial charge in [0.15, 0.2) is 5.52 Å². The van der Waals surface area contributed by atoms with Gasteiger partial charge in [0.2, 0.25) is 10.0 Å². The topological polar surface area (TPSA) is 85.1 Å². The molecule has 0 spiro atoms. The average molecular weight is 239 g/mol. The van der Waals surface area contributed by atoms with Crippen LogP contribution in [0.5, 0.6) is 0 Å². The van der Waals surface area contributed by atoms with Gasteiger partial charge in [-0.3, -0.25) is 0 Å². The zero-order valence-corrected chi connectivity index (χ0v) is 9.07. The zero-order valence-electron chi connectivity index (χ0n) is 8.25. The molecular formula is C9H9N3O3S. The Morgan fingerprint density at radius 3 is 2.88 bits per heavy atom. The van der Waals surface area contributed by atoms with E-state index in [1.165, 1.54) is 6.07 Å². The maximum absolute atomic E-state index is 12.0. The van der Waals surface area contributed by atoms with Crippen molar-refractivity contribution in [3.05, 3.63) is 18.2 Å². The first-order chi connectivity index (χ1) is 7.67. The van der Waals surface area contributed by atoms with E-state index in [0.717, 1.165) is 12.8 Å². The molecular weight excluding hydrogens is 230 g/mol. The molecule has 0 amide bonds. The Morgan fingerprint density at radius 2 is 2.12 bits per heavy atom. The Bertz CT molecular complexity index is 630.